The number of hydrogen-bond acceptors (Lipinski definition) is 5. The highest BCUT2D eigenvalue weighted by Gasteiger charge is 2.45. The molecule has 1 aromatic heterocycles. The van der Waals surface area contributed by atoms with Crippen molar-refractivity contribution in [3.05, 3.63) is 30.1 Å². The van der Waals surface area contributed by atoms with Gasteiger partial charge in [-0.3, -0.25) is 4.79 Å². The Hall–Kier alpha value is -1.99. The number of carbonyl (C=O) groups excluding carboxylic acids is 1. The van der Waals surface area contributed by atoms with Crippen molar-refractivity contribution in [2.45, 2.75) is 25.3 Å². The second kappa shape index (κ2) is 5.18. The van der Waals surface area contributed by atoms with Crippen molar-refractivity contribution < 1.29 is 4.79 Å². The molecule has 0 spiro atoms. The zero-order valence-corrected chi connectivity index (χ0v) is 11.7. The molecule has 0 unspecified atom stereocenters. The van der Waals surface area contributed by atoms with E-state index >= 15 is 0 Å². The number of nitrogens with one attached hydrogen (secondary N) is 1. The minimum Gasteiger partial charge on any atom is -0.324 e. The molecule has 1 fully saturated rings. The predicted molar refractivity (Wildman–Crippen MR) is 75.9 cm³/mol. The van der Waals surface area contributed by atoms with Gasteiger partial charge in [0.05, 0.1) is 11.2 Å². The van der Waals surface area contributed by atoms with Crippen LogP contribution in [0.3, 0.4) is 0 Å². The number of amides is 1. The average molecular weight is 295 g/mol. The summed E-state index contributed by atoms with van der Waals surface area (Å²) < 4.78 is 1.56. The highest BCUT2D eigenvalue weighted by Crippen LogP contribution is 2.33. The summed E-state index contributed by atoms with van der Waals surface area (Å²) in [4.78, 5) is 11.9. The summed E-state index contributed by atoms with van der Waals surface area (Å²) in [5, 5.41) is 13.9. The third-order valence-electron chi connectivity index (χ3n) is 3.30. The zero-order chi connectivity index (χ0) is 13.5. The van der Waals surface area contributed by atoms with Crippen LogP contribution in [-0.4, -0.2) is 31.7 Å². The van der Waals surface area contributed by atoms with Crippen LogP contribution in [0.4, 0.5) is 5.69 Å². The molecule has 7 nitrogen and oxygen atoms in total. The number of benzene rings is 1. The third kappa shape index (κ3) is 2.63. The van der Waals surface area contributed by atoms with Crippen molar-refractivity contribution in [3.63, 3.8) is 0 Å². The third-order valence-corrected chi connectivity index (χ3v) is 3.30. The first-order chi connectivity index (χ1) is 9.08. The topological polar surface area (TPSA) is 98.7 Å². The number of rotatable bonds is 3. The number of anilines is 1. The minimum absolute atomic E-state index is 0. The highest BCUT2D eigenvalue weighted by molar-refractivity contribution is 6.00. The van der Waals surface area contributed by atoms with E-state index in [0.29, 0.717) is 5.69 Å². The van der Waals surface area contributed by atoms with E-state index in [1.807, 2.05) is 25.1 Å². The molecule has 1 amide bonds. The number of hydrogen-bond donors (Lipinski definition) is 2. The lowest BCUT2D eigenvalue weighted by molar-refractivity contribution is -0.118. The number of aromatic nitrogens is 4. The molecule has 0 radical (unpaired) electrons. The van der Waals surface area contributed by atoms with Gasteiger partial charge >= 0.3 is 0 Å². The van der Waals surface area contributed by atoms with E-state index < -0.39 is 5.54 Å². The van der Waals surface area contributed by atoms with Gasteiger partial charge in [-0.1, -0.05) is 6.07 Å². The van der Waals surface area contributed by atoms with Gasteiger partial charge in [-0.2, -0.15) is 0 Å². The summed E-state index contributed by atoms with van der Waals surface area (Å²) in [6.07, 6.45) is 2.99. The molecule has 1 saturated carbocycles. The number of aryl methyl sites for hydroxylation is 1. The molecule has 8 heteroatoms. The monoisotopic (exact) mass is 294 g/mol. The Bertz CT molecular complexity index is 623. The molecule has 0 atom stereocenters. The Balaban J connectivity index is 0.00000147. The fourth-order valence-corrected chi connectivity index (χ4v) is 1.82. The van der Waals surface area contributed by atoms with Gasteiger partial charge < -0.3 is 11.1 Å². The molecule has 106 valence electrons. The molecule has 0 aliphatic heterocycles. The van der Waals surface area contributed by atoms with Crippen LogP contribution in [0, 0.1) is 6.92 Å². The molecular formula is C12H15ClN6O. The second-order valence-electron chi connectivity index (χ2n) is 4.87. The lowest BCUT2D eigenvalue weighted by atomic mass is 10.1. The Labute approximate surface area is 121 Å². The standard InChI is InChI=1S/C12H14N6O.ClH/c1-8-2-3-9(15-11(19)12(13)4-5-12)6-10(8)18-7-14-16-17-18;/h2-3,6-7H,4-5,13H2,1H3,(H,15,19);1H. The first kappa shape index (κ1) is 14.4. The molecule has 1 heterocycles. The molecule has 3 N–H and O–H groups in total. The SMILES string of the molecule is Cc1ccc(NC(=O)C2(N)CC2)cc1-n1cnnn1.Cl. The van der Waals surface area contributed by atoms with Crippen LogP contribution in [0.5, 0.6) is 0 Å². The van der Waals surface area contributed by atoms with Crippen molar-refractivity contribution in [1.29, 1.82) is 0 Å². The van der Waals surface area contributed by atoms with E-state index in [9.17, 15) is 4.79 Å². The van der Waals surface area contributed by atoms with Crippen LogP contribution >= 0.6 is 12.4 Å². The Morgan fingerprint density at radius 1 is 1.45 bits per heavy atom. The molecule has 0 saturated heterocycles. The van der Waals surface area contributed by atoms with Crippen molar-refractivity contribution >= 4 is 24.0 Å². The maximum absolute atomic E-state index is 11.9. The zero-order valence-electron chi connectivity index (χ0n) is 10.9. The summed E-state index contributed by atoms with van der Waals surface area (Å²) in [5.74, 6) is -0.140. The average Bonchev–Trinajstić information content (AvgIpc) is 2.93. The van der Waals surface area contributed by atoms with Gasteiger partial charge in [-0.05, 0) is 47.9 Å². The Kier molecular flexibility index (Phi) is 3.74. The van der Waals surface area contributed by atoms with Crippen molar-refractivity contribution in [3.8, 4) is 5.69 Å². The second-order valence-corrected chi connectivity index (χ2v) is 4.87. The lowest BCUT2D eigenvalue weighted by Crippen LogP contribution is -2.37. The van der Waals surface area contributed by atoms with E-state index in [1.165, 1.54) is 6.33 Å². The van der Waals surface area contributed by atoms with Gasteiger partial charge in [0.25, 0.3) is 0 Å². The van der Waals surface area contributed by atoms with Crippen LogP contribution in [0.15, 0.2) is 24.5 Å². The van der Waals surface area contributed by atoms with Gasteiger partial charge in [0, 0.05) is 5.69 Å². The van der Waals surface area contributed by atoms with E-state index in [2.05, 4.69) is 20.8 Å². The van der Waals surface area contributed by atoms with Gasteiger partial charge in [0.1, 0.15) is 6.33 Å². The first-order valence-electron chi connectivity index (χ1n) is 6.03. The quantitative estimate of drug-likeness (QED) is 0.873. The molecule has 1 aliphatic rings. The summed E-state index contributed by atoms with van der Waals surface area (Å²) in [6.45, 7) is 1.95. The van der Waals surface area contributed by atoms with Crippen LogP contribution in [0.1, 0.15) is 18.4 Å². The maximum Gasteiger partial charge on any atom is 0.244 e. The predicted octanol–water partition coefficient (Wildman–Crippen LogP) is 0.822. The highest BCUT2D eigenvalue weighted by atomic mass is 35.5. The molecular weight excluding hydrogens is 280 g/mol. The van der Waals surface area contributed by atoms with Gasteiger partial charge in [-0.25, -0.2) is 4.68 Å². The van der Waals surface area contributed by atoms with E-state index in [-0.39, 0.29) is 18.3 Å². The smallest absolute Gasteiger partial charge is 0.244 e. The van der Waals surface area contributed by atoms with E-state index in [0.717, 1.165) is 24.1 Å². The maximum atomic E-state index is 11.9. The molecule has 2 aromatic rings. The molecule has 1 aliphatic carbocycles. The van der Waals surface area contributed by atoms with Crippen LogP contribution < -0.4 is 11.1 Å². The summed E-state index contributed by atoms with van der Waals surface area (Å²) in [5.41, 5.74) is 7.70. The Morgan fingerprint density at radius 2 is 2.20 bits per heavy atom. The largest absolute Gasteiger partial charge is 0.324 e. The van der Waals surface area contributed by atoms with Crippen LogP contribution in [0.25, 0.3) is 5.69 Å². The van der Waals surface area contributed by atoms with Crippen molar-refractivity contribution in [1.82, 2.24) is 20.2 Å². The number of nitrogens with zero attached hydrogens (tertiary/aromatic N) is 4. The number of halogens is 1. The Morgan fingerprint density at radius 3 is 2.80 bits per heavy atom. The fraction of sp³-hybridized carbons (Fsp3) is 0.333. The van der Waals surface area contributed by atoms with Crippen LogP contribution in [-0.2, 0) is 4.79 Å². The van der Waals surface area contributed by atoms with Gasteiger partial charge in [0.15, 0.2) is 0 Å². The normalized spacial score (nSPS) is 15.3. The first-order valence-corrected chi connectivity index (χ1v) is 6.03. The number of nitrogens with two attached hydrogens (primary N) is 1. The molecule has 20 heavy (non-hydrogen) atoms. The van der Waals surface area contributed by atoms with Gasteiger partial charge in [0.2, 0.25) is 5.91 Å². The van der Waals surface area contributed by atoms with E-state index in [4.69, 9.17) is 5.73 Å². The number of carbonyl (C=O) groups is 1. The van der Waals surface area contributed by atoms with Crippen molar-refractivity contribution in [2.24, 2.45) is 5.73 Å². The van der Waals surface area contributed by atoms with Gasteiger partial charge in [-0.15, -0.1) is 17.5 Å². The summed E-state index contributed by atoms with van der Waals surface area (Å²) in [6, 6.07) is 5.57. The number of tetrazole rings is 1. The molecule has 3 rings (SSSR count). The minimum atomic E-state index is -0.681. The lowest BCUT2D eigenvalue weighted by Gasteiger charge is -2.12. The van der Waals surface area contributed by atoms with Crippen molar-refractivity contribution in [2.75, 3.05) is 5.32 Å². The summed E-state index contributed by atoms with van der Waals surface area (Å²) >= 11 is 0. The fourth-order valence-electron chi connectivity index (χ4n) is 1.82. The molecule has 1 aromatic carbocycles. The summed E-state index contributed by atoms with van der Waals surface area (Å²) in [7, 11) is 0. The van der Waals surface area contributed by atoms with E-state index in [1.54, 1.807) is 4.68 Å². The van der Waals surface area contributed by atoms with Crippen LogP contribution in [0.2, 0.25) is 0 Å². The molecule has 0 bridgehead atoms.